The number of hydrogen-bond donors (Lipinski definition) is 2. The molecule has 1 saturated heterocycles. The highest BCUT2D eigenvalue weighted by Gasteiger charge is 2.28. The number of nitrogens with one attached hydrogen (secondary N) is 2. The van der Waals surface area contributed by atoms with Crippen LogP contribution in [0.15, 0.2) is 30.3 Å². The third kappa shape index (κ3) is 5.03. The standard InChI is InChI=1S/C18H28N2OS/c1-13(2)17(22-12-15-8-5-4-6-9-15)18(21)20-16-10-7-11-19-14(16)3/h4-6,8-9,13-14,16-17,19H,7,10-12H2,1-3H3,(H,20,21). The van der Waals surface area contributed by atoms with Crippen molar-refractivity contribution in [2.45, 2.75) is 56.7 Å². The molecule has 3 nitrogen and oxygen atoms in total. The van der Waals surface area contributed by atoms with Crippen LogP contribution >= 0.6 is 11.8 Å². The molecule has 0 spiro atoms. The van der Waals surface area contributed by atoms with Crippen LogP contribution in [0, 0.1) is 5.92 Å². The van der Waals surface area contributed by atoms with E-state index in [1.807, 2.05) is 6.07 Å². The molecule has 1 aromatic rings. The van der Waals surface area contributed by atoms with E-state index in [2.05, 4.69) is 55.7 Å². The van der Waals surface area contributed by atoms with E-state index >= 15 is 0 Å². The molecule has 3 unspecified atom stereocenters. The Morgan fingerprint density at radius 3 is 2.73 bits per heavy atom. The lowest BCUT2D eigenvalue weighted by Crippen LogP contribution is -2.54. The SMILES string of the molecule is CC(C)C(SCc1ccccc1)C(=O)NC1CCCNC1C. The van der Waals surface area contributed by atoms with Crippen LogP contribution in [-0.2, 0) is 10.5 Å². The Morgan fingerprint density at radius 2 is 2.09 bits per heavy atom. The van der Waals surface area contributed by atoms with E-state index in [0.717, 1.165) is 25.1 Å². The summed E-state index contributed by atoms with van der Waals surface area (Å²) >= 11 is 1.75. The zero-order valence-electron chi connectivity index (χ0n) is 13.8. The average molecular weight is 321 g/mol. The van der Waals surface area contributed by atoms with Crippen molar-refractivity contribution in [3.8, 4) is 0 Å². The van der Waals surface area contributed by atoms with Crippen molar-refractivity contribution < 1.29 is 4.79 Å². The molecule has 3 atom stereocenters. The summed E-state index contributed by atoms with van der Waals surface area (Å²) in [5, 5.41) is 6.71. The minimum Gasteiger partial charge on any atom is -0.351 e. The van der Waals surface area contributed by atoms with Crippen molar-refractivity contribution >= 4 is 17.7 Å². The summed E-state index contributed by atoms with van der Waals surface area (Å²) in [7, 11) is 0. The highest BCUT2D eigenvalue weighted by atomic mass is 32.2. The van der Waals surface area contributed by atoms with Gasteiger partial charge in [-0.3, -0.25) is 4.79 Å². The van der Waals surface area contributed by atoms with Gasteiger partial charge in [-0.05, 0) is 37.8 Å². The van der Waals surface area contributed by atoms with Gasteiger partial charge in [0.2, 0.25) is 5.91 Å². The van der Waals surface area contributed by atoms with Crippen LogP contribution in [0.5, 0.6) is 0 Å². The van der Waals surface area contributed by atoms with Gasteiger partial charge in [-0.1, -0.05) is 44.2 Å². The molecule has 2 N–H and O–H groups in total. The maximum atomic E-state index is 12.7. The number of amides is 1. The predicted octanol–water partition coefficient (Wildman–Crippen LogP) is 3.20. The molecule has 0 bridgehead atoms. The molecule has 0 aromatic heterocycles. The van der Waals surface area contributed by atoms with Gasteiger partial charge in [0, 0.05) is 17.8 Å². The second-order valence-electron chi connectivity index (χ2n) is 6.46. The molecule has 0 aliphatic carbocycles. The highest BCUT2D eigenvalue weighted by molar-refractivity contribution is 7.99. The van der Waals surface area contributed by atoms with Crippen molar-refractivity contribution in [2.75, 3.05) is 6.54 Å². The minimum absolute atomic E-state index is 0.00864. The van der Waals surface area contributed by atoms with Gasteiger partial charge in [0.05, 0.1) is 5.25 Å². The van der Waals surface area contributed by atoms with Gasteiger partial charge in [0.25, 0.3) is 0 Å². The molecule has 122 valence electrons. The number of carbonyl (C=O) groups excluding carboxylic acids is 1. The highest BCUT2D eigenvalue weighted by Crippen LogP contribution is 2.24. The van der Waals surface area contributed by atoms with E-state index in [9.17, 15) is 4.79 Å². The lowest BCUT2D eigenvalue weighted by Gasteiger charge is -2.32. The van der Waals surface area contributed by atoms with Crippen LogP contribution in [0.3, 0.4) is 0 Å². The second-order valence-corrected chi connectivity index (χ2v) is 7.59. The third-order valence-electron chi connectivity index (χ3n) is 4.23. The number of carbonyl (C=O) groups is 1. The van der Waals surface area contributed by atoms with Crippen LogP contribution < -0.4 is 10.6 Å². The minimum atomic E-state index is 0.00864. The van der Waals surface area contributed by atoms with Gasteiger partial charge in [0.1, 0.15) is 0 Å². The van der Waals surface area contributed by atoms with E-state index in [0.29, 0.717) is 12.0 Å². The summed E-state index contributed by atoms with van der Waals surface area (Å²) in [6.07, 6.45) is 2.22. The summed E-state index contributed by atoms with van der Waals surface area (Å²) in [4.78, 5) is 12.7. The normalized spacial score (nSPS) is 23.3. The smallest absolute Gasteiger partial charge is 0.233 e. The van der Waals surface area contributed by atoms with Gasteiger partial charge < -0.3 is 10.6 Å². The van der Waals surface area contributed by atoms with Crippen LogP contribution in [0.1, 0.15) is 39.2 Å². The lowest BCUT2D eigenvalue weighted by molar-refractivity contribution is -0.122. The first-order chi connectivity index (χ1) is 10.6. The Morgan fingerprint density at radius 1 is 1.36 bits per heavy atom. The van der Waals surface area contributed by atoms with Crippen LogP contribution in [-0.4, -0.2) is 29.8 Å². The van der Waals surface area contributed by atoms with Crippen molar-refractivity contribution in [1.29, 1.82) is 0 Å². The largest absolute Gasteiger partial charge is 0.351 e. The molecule has 1 aromatic carbocycles. The van der Waals surface area contributed by atoms with E-state index in [1.165, 1.54) is 5.56 Å². The third-order valence-corrected chi connectivity index (χ3v) is 5.84. The maximum Gasteiger partial charge on any atom is 0.233 e. The first kappa shape index (κ1) is 17.4. The predicted molar refractivity (Wildman–Crippen MR) is 95.0 cm³/mol. The monoisotopic (exact) mass is 320 g/mol. The fraction of sp³-hybridized carbons (Fsp3) is 0.611. The zero-order valence-corrected chi connectivity index (χ0v) is 14.7. The fourth-order valence-electron chi connectivity index (χ4n) is 2.84. The first-order valence-corrected chi connectivity index (χ1v) is 9.32. The average Bonchev–Trinajstić information content (AvgIpc) is 2.50. The van der Waals surface area contributed by atoms with Gasteiger partial charge in [-0.15, -0.1) is 11.8 Å². The Labute approximate surface area is 138 Å². The van der Waals surface area contributed by atoms with Crippen molar-refractivity contribution in [2.24, 2.45) is 5.92 Å². The molecule has 0 radical (unpaired) electrons. The topological polar surface area (TPSA) is 41.1 Å². The summed E-state index contributed by atoms with van der Waals surface area (Å²) in [5.74, 6) is 1.41. The molecule has 0 saturated carbocycles. The molecule has 22 heavy (non-hydrogen) atoms. The Balaban J connectivity index is 1.90. The van der Waals surface area contributed by atoms with Crippen LogP contribution in [0.4, 0.5) is 0 Å². The van der Waals surface area contributed by atoms with Gasteiger partial charge in [-0.2, -0.15) is 0 Å². The Bertz CT molecular complexity index is 463. The summed E-state index contributed by atoms with van der Waals surface area (Å²) in [6.45, 7) is 7.48. The lowest BCUT2D eigenvalue weighted by atomic mass is 9.99. The molecule has 1 aliphatic heterocycles. The molecule has 1 fully saturated rings. The number of benzene rings is 1. The number of rotatable bonds is 6. The molecule has 1 amide bonds. The van der Waals surface area contributed by atoms with Gasteiger partial charge in [-0.25, -0.2) is 0 Å². The number of hydrogen-bond acceptors (Lipinski definition) is 3. The quantitative estimate of drug-likeness (QED) is 0.846. The van der Waals surface area contributed by atoms with Crippen molar-refractivity contribution in [3.05, 3.63) is 35.9 Å². The zero-order chi connectivity index (χ0) is 15.9. The summed E-state index contributed by atoms with van der Waals surface area (Å²) in [5.41, 5.74) is 1.28. The van der Waals surface area contributed by atoms with Crippen molar-refractivity contribution in [1.82, 2.24) is 10.6 Å². The van der Waals surface area contributed by atoms with Gasteiger partial charge >= 0.3 is 0 Å². The first-order valence-electron chi connectivity index (χ1n) is 8.27. The summed E-state index contributed by atoms with van der Waals surface area (Å²) in [6, 6.07) is 11.0. The fourth-order valence-corrected chi connectivity index (χ4v) is 4.01. The van der Waals surface area contributed by atoms with E-state index in [-0.39, 0.29) is 17.2 Å². The van der Waals surface area contributed by atoms with Crippen LogP contribution in [0.25, 0.3) is 0 Å². The molecule has 2 rings (SSSR count). The molecular formula is C18H28N2OS. The Hall–Kier alpha value is -1.00. The Kier molecular flexibility index (Phi) is 6.77. The van der Waals surface area contributed by atoms with E-state index in [4.69, 9.17) is 0 Å². The second kappa shape index (κ2) is 8.59. The van der Waals surface area contributed by atoms with E-state index < -0.39 is 0 Å². The molecule has 1 heterocycles. The maximum absolute atomic E-state index is 12.7. The number of piperidine rings is 1. The van der Waals surface area contributed by atoms with Gasteiger partial charge in [0.15, 0.2) is 0 Å². The number of thioether (sulfide) groups is 1. The molecule has 4 heteroatoms. The summed E-state index contributed by atoms with van der Waals surface area (Å²) < 4.78 is 0. The van der Waals surface area contributed by atoms with E-state index in [1.54, 1.807) is 11.8 Å². The molecule has 1 aliphatic rings. The molecular weight excluding hydrogens is 292 g/mol. The van der Waals surface area contributed by atoms with Crippen LogP contribution in [0.2, 0.25) is 0 Å². The van der Waals surface area contributed by atoms with Crippen molar-refractivity contribution in [3.63, 3.8) is 0 Å².